The van der Waals surface area contributed by atoms with E-state index in [2.05, 4.69) is 20.7 Å². The van der Waals surface area contributed by atoms with Crippen molar-refractivity contribution < 1.29 is 4.79 Å². The number of fused-ring (bicyclic) bond motifs is 1. The number of nitrogens with zero attached hydrogens (tertiary/aromatic N) is 4. The monoisotopic (exact) mass is 360 g/mol. The molecule has 1 atom stereocenters. The summed E-state index contributed by atoms with van der Waals surface area (Å²) in [5.74, 6) is 2.38. The molecule has 1 saturated carbocycles. The van der Waals surface area contributed by atoms with Crippen LogP contribution >= 0.6 is 0 Å². The van der Waals surface area contributed by atoms with Crippen LogP contribution in [0.4, 0.5) is 0 Å². The molecule has 0 bridgehead atoms. The lowest BCUT2D eigenvalue weighted by atomic mass is 9.96. The molecule has 1 unspecified atom stereocenters. The van der Waals surface area contributed by atoms with Crippen LogP contribution in [0.15, 0.2) is 48.9 Å². The first-order chi connectivity index (χ1) is 13.3. The number of pyridine rings is 1. The summed E-state index contributed by atoms with van der Waals surface area (Å²) in [4.78, 5) is 24.2. The molecule has 5 nitrogen and oxygen atoms in total. The lowest BCUT2D eigenvalue weighted by Gasteiger charge is -2.32. The van der Waals surface area contributed by atoms with Gasteiger partial charge in [0.15, 0.2) is 0 Å². The molecule has 1 amide bonds. The highest BCUT2D eigenvalue weighted by Gasteiger charge is 2.30. The molecule has 3 aromatic rings. The molecular formula is C22H24N4O. The van der Waals surface area contributed by atoms with E-state index >= 15 is 0 Å². The summed E-state index contributed by atoms with van der Waals surface area (Å²) in [6.45, 7) is 2.63. The Labute approximate surface area is 159 Å². The number of carbonyl (C=O) groups is 1. The van der Waals surface area contributed by atoms with Crippen LogP contribution < -0.4 is 0 Å². The van der Waals surface area contributed by atoms with Crippen molar-refractivity contribution >= 4 is 16.8 Å². The molecule has 2 aliphatic rings. The van der Waals surface area contributed by atoms with Crippen LogP contribution in [-0.2, 0) is 6.54 Å². The van der Waals surface area contributed by atoms with Gasteiger partial charge in [-0.05, 0) is 43.7 Å². The molecule has 1 aliphatic carbocycles. The van der Waals surface area contributed by atoms with Crippen LogP contribution in [0.3, 0.4) is 0 Å². The standard InChI is InChI=1S/C22H24N4O/c27-22(19-12-17-4-1-2-6-20(17)24-13-19)26-10-3-5-18(15-26)21-23-9-11-25(21)14-16-7-8-16/h1-2,4,6,9,11-13,16,18H,3,5,7-8,10,14-15H2. The van der Waals surface area contributed by atoms with Gasteiger partial charge in [-0.2, -0.15) is 0 Å². The number of likely N-dealkylation sites (tertiary alicyclic amines) is 1. The normalized spacial score (nSPS) is 20.1. The van der Waals surface area contributed by atoms with E-state index in [4.69, 9.17) is 0 Å². The van der Waals surface area contributed by atoms with Crippen LogP contribution in [0, 0.1) is 5.92 Å². The molecule has 5 rings (SSSR count). The number of amides is 1. The van der Waals surface area contributed by atoms with Crippen molar-refractivity contribution in [3.05, 3.63) is 60.3 Å². The fraction of sp³-hybridized carbons (Fsp3) is 0.409. The minimum atomic E-state index is 0.0817. The number of piperidine rings is 1. The highest BCUT2D eigenvalue weighted by molar-refractivity contribution is 5.97. The number of carbonyl (C=O) groups excluding carboxylic acids is 1. The Balaban J connectivity index is 1.35. The minimum Gasteiger partial charge on any atom is -0.338 e. The van der Waals surface area contributed by atoms with Crippen molar-refractivity contribution in [1.29, 1.82) is 0 Å². The second kappa shape index (κ2) is 6.80. The Morgan fingerprint density at radius 1 is 1.15 bits per heavy atom. The second-order valence-electron chi connectivity index (χ2n) is 7.89. The van der Waals surface area contributed by atoms with Gasteiger partial charge in [0.1, 0.15) is 5.82 Å². The number of para-hydroxylation sites is 1. The predicted octanol–water partition coefficient (Wildman–Crippen LogP) is 3.86. The van der Waals surface area contributed by atoms with Crippen molar-refractivity contribution in [3.63, 3.8) is 0 Å². The maximum atomic E-state index is 13.1. The molecule has 2 aromatic heterocycles. The summed E-state index contributed by atoms with van der Waals surface area (Å²) >= 11 is 0. The van der Waals surface area contributed by atoms with E-state index in [1.165, 1.54) is 12.8 Å². The zero-order valence-electron chi connectivity index (χ0n) is 15.4. The Morgan fingerprint density at radius 3 is 2.93 bits per heavy atom. The Morgan fingerprint density at radius 2 is 2.04 bits per heavy atom. The molecule has 0 spiro atoms. The van der Waals surface area contributed by atoms with Crippen LogP contribution in [0.2, 0.25) is 0 Å². The molecule has 0 radical (unpaired) electrons. The Hall–Kier alpha value is -2.69. The van der Waals surface area contributed by atoms with E-state index in [1.807, 2.05) is 41.4 Å². The first kappa shape index (κ1) is 16.5. The topological polar surface area (TPSA) is 51.0 Å². The van der Waals surface area contributed by atoms with Crippen LogP contribution in [0.5, 0.6) is 0 Å². The van der Waals surface area contributed by atoms with E-state index in [1.54, 1.807) is 6.20 Å². The predicted molar refractivity (Wildman–Crippen MR) is 105 cm³/mol. The molecule has 1 aliphatic heterocycles. The summed E-state index contributed by atoms with van der Waals surface area (Å²) in [6.07, 6.45) is 10.5. The van der Waals surface area contributed by atoms with Crippen molar-refractivity contribution in [2.45, 2.75) is 38.1 Å². The van der Waals surface area contributed by atoms with Gasteiger partial charge in [0.25, 0.3) is 5.91 Å². The third-order valence-corrected chi connectivity index (χ3v) is 5.81. The Bertz CT molecular complexity index is 975. The number of hydrogen-bond acceptors (Lipinski definition) is 3. The van der Waals surface area contributed by atoms with E-state index < -0.39 is 0 Å². The largest absolute Gasteiger partial charge is 0.338 e. The Kier molecular flexibility index (Phi) is 4.15. The van der Waals surface area contributed by atoms with Gasteiger partial charge < -0.3 is 9.47 Å². The maximum Gasteiger partial charge on any atom is 0.255 e. The molecule has 0 N–H and O–H groups in total. The quantitative estimate of drug-likeness (QED) is 0.710. The van der Waals surface area contributed by atoms with E-state index in [0.29, 0.717) is 11.5 Å². The van der Waals surface area contributed by atoms with Gasteiger partial charge in [-0.15, -0.1) is 0 Å². The number of rotatable bonds is 4. The molecule has 138 valence electrons. The fourth-order valence-electron chi connectivity index (χ4n) is 4.16. The van der Waals surface area contributed by atoms with Crippen LogP contribution in [0.1, 0.15) is 47.8 Å². The lowest BCUT2D eigenvalue weighted by molar-refractivity contribution is 0.0703. The van der Waals surface area contributed by atoms with Gasteiger partial charge in [0.2, 0.25) is 0 Å². The highest BCUT2D eigenvalue weighted by atomic mass is 16.2. The van der Waals surface area contributed by atoms with Crippen LogP contribution in [0.25, 0.3) is 10.9 Å². The van der Waals surface area contributed by atoms with Gasteiger partial charge in [0.05, 0.1) is 11.1 Å². The molecule has 3 heterocycles. The smallest absolute Gasteiger partial charge is 0.255 e. The highest BCUT2D eigenvalue weighted by Crippen LogP contribution is 2.33. The van der Waals surface area contributed by atoms with Gasteiger partial charge in [-0.3, -0.25) is 9.78 Å². The fourth-order valence-corrected chi connectivity index (χ4v) is 4.16. The first-order valence-corrected chi connectivity index (χ1v) is 9.93. The van der Waals surface area contributed by atoms with Gasteiger partial charge in [-0.1, -0.05) is 18.2 Å². The summed E-state index contributed by atoms with van der Waals surface area (Å²) in [5, 5.41) is 1.01. The average Bonchev–Trinajstić information content (AvgIpc) is 3.42. The molecule has 1 saturated heterocycles. The van der Waals surface area contributed by atoms with Crippen LogP contribution in [-0.4, -0.2) is 38.4 Å². The molecule has 2 fully saturated rings. The number of imidazole rings is 1. The zero-order valence-corrected chi connectivity index (χ0v) is 15.4. The zero-order chi connectivity index (χ0) is 18.2. The lowest BCUT2D eigenvalue weighted by Crippen LogP contribution is -2.39. The number of hydrogen-bond donors (Lipinski definition) is 0. The van der Waals surface area contributed by atoms with Gasteiger partial charge in [-0.25, -0.2) is 4.98 Å². The summed E-state index contributed by atoms with van der Waals surface area (Å²) in [5.41, 5.74) is 1.60. The summed E-state index contributed by atoms with van der Waals surface area (Å²) in [7, 11) is 0. The number of benzene rings is 1. The average molecular weight is 360 g/mol. The maximum absolute atomic E-state index is 13.1. The van der Waals surface area contributed by atoms with Gasteiger partial charge >= 0.3 is 0 Å². The second-order valence-corrected chi connectivity index (χ2v) is 7.89. The SMILES string of the molecule is O=C(c1cnc2ccccc2c1)N1CCCC(c2nccn2CC2CC2)C1. The molecular weight excluding hydrogens is 336 g/mol. The molecule has 5 heteroatoms. The number of aromatic nitrogens is 3. The van der Waals surface area contributed by atoms with E-state index in [9.17, 15) is 4.79 Å². The third kappa shape index (κ3) is 3.34. The minimum absolute atomic E-state index is 0.0817. The van der Waals surface area contributed by atoms with Crippen molar-refractivity contribution in [3.8, 4) is 0 Å². The van der Waals surface area contributed by atoms with Crippen molar-refractivity contribution in [2.75, 3.05) is 13.1 Å². The molecule has 1 aromatic carbocycles. The van der Waals surface area contributed by atoms with Crippen molar-refractivity contribution in [2.24, 2.45) is 5.92 Å². The first-order valence-electron chi connectivity index (χ1n) is 9.93. The van der Waals surface area contributed by atoms with Gasteiger partial charge in [0, 0.05) is 49.5 Å². The summed E-state index contributed by atoms with van der Waals surface area (Å²) < 4.78 is 2.31. The summed E-state index contributed by atoms with van der Waals surface area (Å²) in [6, 6.07) is 9.89. The van der Waals surface area contributed by atoms with E-state index in [0.717, 1.165) is 55.1 Å². The van der Waals surface area contributed by atoms with E-state index in [-0.39, 0.29) is 5.91 Å². The third-order valence-electron chi connectivity index (χ3n) is 5.81. The molecule has 27 heavy (non-hydrogen) atoms. The van der Waals surface area contributed by atoms with Crippen molar-refractivity contribution in [1.82, 2.24) is 19.4 Å².